The lowest BCUT2D eigenvalue weighted by molar-refractivity contribution is 0.137. The van der Waals surface area contributed by atoms with Crippen molar-refractivity contribution < 1.29 is 20.5 Å². The summed E-state index contributed by atoms with van der Waals surface area (Å²) in [7, 11) is 0. The maximum atomic E-state index is 8.56. The molecule has 0 heterocycles. The predicted octanol–water partition coefficient (Wildman–Crippen LogP) is -1.76. The van der Waals surface area contributed by atoms with Crippen LogP contribution in [0.25, 0.3) is 0 Å². The first-order valence-electron chi connectivity index (χ1n) is 1.48. The van der Waals surface area contributed by atoms with Gasteiger partial charge < -0.3 is 27.2 Å². The number of hydrogen-bond acceptors (Lipinski definition) is 2. The molecule has 0 bridgehead atoms. The summed E-state index contributed by atoms with van der Waals surface area (Å²) in [6.07, 6.45) is -1.83. The standard InChI is InChI=1S/CH5N3.CH2O3.H2O/c2*2-1(3)4;/h(H5,2,3,4);(H2,2,3,4);1H2. The SMILES string of the molecule is N=C(N)N.O.O=C(O)O. The molecule has 9 N–H and O–H groups in total. The van der Waals surface area contributed by atoms with E-state index in [0.29, 0.717) is 0 Å². The van der Waals surface area contributed by atoms with Crippen molar-refractivity contribution >= 4 is 12.1 Å². The topological polar surface area (TPSA) is 165 Å². The van der Waals surface area contributed by atoms with Crippen molar-refractivity contribution in [1.82, 2.24) is 0 Å². The van der Waals surface area contributed by atoms with Crippen molar-refractivity contribution in [3.05, 3.63) is 0 Å². The summed E-state index contributed by atoms with van der Waals surface area (Å²) in [5.41, 5.74) is 8.94. The van der Waals surface area contributed by atoms with Gasteiger partial charge in [0.1, 0.15) is 0 Å². The highest BCUT2D eigenvalue weighted by atomic mass is 16.6. The average molecular weight is 139 g/mol. The van der Waals surface area contributed by atoms with Crippen molar-refractivity contribution in [2.24, 2.45) is 11.5 Å². The van der Waals surface area contributed by atoms with Crippen LogP contribution in [0.5, 0.6) is 0 Å². The second kappa shape index (κ2) is 9.71. The van der Waals surface area contributed by atoms with Gasteiger partial charge in [0.25, 0.3) is 0 Å². The van der Waals surface area contributed by atoms with Crippen LogP contribution in [0.1, 0.15) is 0 Å². The lowest BCUT2D eigenvalue weighted by atomic mass is 11.1. The van der Waals surface area contributed by atoms with E-state index in [4.69, 9.17) is 20.4 Å². The van der Waals surface area contributed by atoms with E-state index in [2.05, 4.69) is 11.5 Å². The fourth-order valence-corrected chi connectivity index (χ4v) is 0. The van der Waals surface area contributed by atoms with Crippen LogP contribution in [-0.4, -0.2) is 27.8 Å². The second-order valence-electron chi connectivity index (χ2n) is 0.738. The first-order valence-corrected chi connectivity index (χ1v) is 1.48. The highest BCUT2D eigenvalue weighted by molar-refractivity contribution is 5.71. The molecule has 0 unspecified atom stereocenters. The quantitative estimate of drug-likeness (QED) is 0.197. The zero-order valence-electron chi connectivity index (χ0n) is 4.46. The Balaban J connectivity index is -0.0000000720. The van der Waals surface area contributed by atoms with Gasteiger partial charge in [-0.1, -0.05) is 0 Å². The molecule has 0 saturated heterocycles. The summed E-state index contributed by atoms with van der Waals surface area (Å²) >= 11 is 0. The Morgan fingerprint density at radius 2 is 1.33 bits per heavy atom. The van der Waals surface area contributed by atoms with Crippen LogP contribution in [0.15, 0.2) is 0 Å². The number of carboxylic acid groups (broad SMARTS) is 2. The minimum Gasteiger partial charge on any atom is -0.450 e. The molecule has 9 heavy (non-hydrogen) atoms. The Kier molecular flexibility index (Phi) is 16.9. The number of carbonyl (C=O) groups is 1. The smallest absolute Gasteiger partial charge is 0.450 e. The Hall–Kier alpha value is -1.50. The average Bonchev–Trinajstić information content (AvgIpc) is 1.25. The molecule has 0 aliphatic heterocycles. The highest BCUT2D eigenvalue weighted by Gasteiger charge is 1.70. The molecular weight excluding hydrogens is 130 g/mol. The Labute approximate surface area is 50.7 Å². The molecule has 0 saturated carbocycles. The lowest BCUT2D eigenvalue weighted by Crippen LogP contribution is -2.20. The van der Waals surface area contributed by atoms with Gasteiger partial charge in [-0.15, -0.1) is 0 Å². The van der Waals surface area contributed by atoms with Crippen LogP contribution in [-0.2, 0) is 0 Å². The number of guanidine groups is 1. The van der Waals surface area contributed by atoms with Gasteiger partial charge in [0.2, 0.25) is 0 Å². The molecule has 7 nitrogen and oxygen atoms in total. The largest absolute Gasteiger partial charge is 0.503 e. The number of nitrogens with one attached hydrogen (secondary N) is 1. The highest BCUT2D eigenvalue weighted by Crippen LogP contribution is 1.42. The van der Waals surface area contributed by atoms with Crippen LogP contribution in [0, 0.1) is 5.41 Å². The van der Waals surface area contributed by atoms with Crippen LogP contribution < -0.4 is 11.5 Å². The van der Waals surface area contributed by atoms with E-state index in [1.54, 1.807) is 0 Å². The molecule has 0 amide bonds. The third-order valence-electron chi connectivity index (χ3n) is 0. The van der Waals surface area contributed by atoms with Crippen LogP contribution in [0.2, 0.25) is 0 Å². The van der Waals surface area contributed by atoms with Gasteiger partial charge in [0, 0.05) is 0 Å². The summed E-state index contributed by atoms with van der Waals surface area (Å²) < 4.78 is 0. The molecule has 0 aliphatic carbocycles. The van der Waals surface area contributed by atoms with Gasteiger partial charge in [-0.05, 0) is 0 Å². The maximum absolute atomic E-state index is 8.56. The van der Waals surface area contributed by atoms with Crippen molar-refractivity contribution in [2.75, 3.05) is 0 Å². The molecule has 0 fully saturated rings. The van der Waals surface area contributed by atoms with Gasteiger partial charge >= 0.3 is 6.16 Å². The monoisotopic (exact) mass is 139 g/mol. The van der Waals surface area contributed by atoms with E-state index in [1.807, 2.05) is 0 Å². The van der Waals surface area contributed by atoms with E-state index in [-0.39, 0.29) is 11.4 Å². The van der Waals surface area contributed by atoms with Gasteiger partial charge in [0.15, 0.2) is 5.96 Å². The Morgan fingerprint density at radius 1 is 1.33 bits per heavy atom. The molecule has 0 aromatic carbocycles. The molecule has 0 aliphatic rings. The third-order valence-corrected chi connectivity index (χ3v) is 0. The summed E-state index contributed by atoms with van der Waals surface area (Å²) in [5, 5.41) is 20.0. The molecule has 56 valence electrons. The van der Waals surface area contributed by atoms with Crippen LogP contribution in [0.3, 0.4) is 0 Å². The lowest BCUT2D eigenvalue weighted by Gasteiger charge is -1.69. The van der Waals surface area contributed by atoms with Crippen molar-refractivity contribution in [3.63, 3.8) is 0 Å². The third kappa shape index (κ3) is 58.5. The Morgan fingerprint density at radius 3 is 1.33 bits per heavy atom. The maximum Gasteiger partial charge on any atom is 0.503 e. The normalized spacial score (nSPS) is 5.33. The minimum atomic E-state index is -1.83. The van der Waals surface area contributed by atoms with E-state index < -0.39 is 6.16 Å². The molecule has 7 heteroatoms. The number of nitrogens with two attached hydrogens (primary N) is 2. The van der Waals surface area contributed by atoms with E-state index in [1.165, 1.54) is 0 Å². The second-order valence-corrected chi connectivity index (χ2v) is 0.738. The van der Waals surface area contributed by atoms with E-state index in [9.17, 15) is 0 Å². The molecule has 0 atom stereocenters. The van der Waals surface area contributed by atoms with Gasteiger partial charge in [0.05, 0.1) is 0 Å². The zero-order chi connectivity index (χ0) is 7.15. The fourth-order valence-electron chi connectivity index (χ4n) is 0. The van der Waals surface area contributed by atoms with Crippen LogP contribution >= 0.6 is 0 Å². The number of rotatable bonds is 0. The molecule has 0 rings (SSSR count). The summed E-state index contributed by atoms with van der Waals surface area (Å²) in [5.74, 6) is -0.333. The fraction of sp³-hybridized carbons (Fsp3) is 0. The predicted molar refractivity (Wildman–Crippen MR) is 30.4 cm³/mol. The van der Waals surface area contributed by atoms with Crippen molar-refractivity contribution in [3.8, 4) is 0 Å². The first kappa shape index (κ1) is 15.6. The van der Waals surface area contributed by atoms with Gasteiger partial charge in [-0.2, -0.15) is 0 Å². The molecule has 0 aromatic heterocycles. The van der Waals surface area contributed by atoms with Gasteiger partial charge in [-0.25, -0.2) is 4.79 Å². The summed E-state index contributed by atoms with van der Waals surface area (Å²) in [4.78, 5) is 8.56. The minimum absolute atomic E-state index is 0. The van der Waals surface area contributed by atoms with Crippen molar-refractivity contribution in [1.29, 1.82) is 5.41 Å². The number of hydrogen-bond donors (Lipinski definition) is 5. The summed E-state index contributed by atoms with van der Waals surface area (Å²) in [6.45, 7) is 0. The van der Waals surface area contributed by atoms with Gasteiger partial charge in [-0.3, -0.25) is 5.41 Å². The van der Waals surface area contributed by atoms with E-state index in [0.717, 1.165) is 0 Å². The Bertz CT molecular complexity index is 71.8. The first-order chi connectivity index (χ1) is 3.46. The molecular formula is C2H9N3O4. The van der Waals surface area contributed by atoms with Crippen LogP contribution in [0.4, 0.5) is 4.79 Å². The van der Waals surface area contributed by atoms with E-state index >= 15 is 0 Å². The molecule has 0 spiro atoms. The van der Waals surface area contributed by atoms with Crippen molar-refractivity contribution in [2.45, 2.75) is 0 Å². The molecule has 0 radical (unpaired) electrons. The zero-order valence-corrected chi connectivity index (χ0v) is 4.46. The molecule has 0 aromatic rings. The summed E-state index contributed by atoms with van der Waals surface area (Å²) in [6, 6.07) is 0.